The third-order valence-electron chi connectivity index (χ3n) is 4.11. The smallest absolute Gasteiger partial charge is 0.320 e. The van der Waals surface area contributed by atoms with Gasteiger partial charge < -0.3 is 9.72 Å². The van der Waals surface area contributed by atoms with E-state index in [1.165, 1.54) is 0 Å². The topological polar surface area (TPSA) is 128 Å². The van der Waals surface area contributed by atoms with Gasteiger partial charge in [-0.3, -0.25) is 15.3 Å². The van der Waals surface area contributed by atoms with Gasteiger partial charge in [0.1, 0.15) is 0 Å². The van der Waals surface area contributed by atoms with Crippen LogP contribution in [0.3, 0.4) is 0 Å². The second kappa shape index (κ2) is 8.00. The second-order valence-corrected chi connectivity index (χ2v) is 6.66. The zero-order valence-electron chi connectivity index (χ0n) is 16.0. The van der Waals surface area contributed by atoms with E-state index in [0.29, 0.717) is 30.3 Å². The number of carbonyl (C=O) groups excluding carboxylic acids is 1. The Morgan fingerprint density at radius 1 is 1.24 bits per heavy atom. The average Bonchev–Trinajstić information content (AvgIpc) is 3.34. The van der Waals surface area contributed by atoms with Crippen LogP contribution in [0.1, 0.15) is 25.7 Å². The molecular weight excluding hydrogens is 372 g/mol. The zero-order chi connectivity index (χ0) is 20.2. The first-order chi connectivity index (χ1) is 14.1. The summed E-state index contributed by atoms with van der Waals surface area (Å²) in [7, 11) is 0. The van der Waals surface area contributed by atoms with Gasteiger partial charge in [-0.25, -0.2) is 9.78 Å². The number of fused-ring (bicyclic) bond motifs is 1. The molecule has 4 heterocycles. The van der Waals surface area contributed by atoms with Crippen LogP contribution in [0, 0.1) is 0 Å². The summed E-state index contributed by atoms with van der Waals surface area (Å²) in [6.07, 6.45) is 9.16. The molecule has 0 saturated heterocycles. The van der Waals surface area contributed by atoms with Gasteiger partial charge in [-0.1, -0.05) is 0 Å². The number of nitrogens with zero attached hydrogens (tertiary/aromatic N) is 8. The maximum atomic E-state index is 12.1. The Hall–Kier alpha value is -3.89. The van der Waals surface area contributed by atoms with E-state index < -0.39 is 0 Å². The minimum atomic E-state index is -0.356. The molecule has 0 aliphatic heterocycles. The molecule has 148 valence electrons. The molecule has 0 spiro atoms. The minimum absolute atomic E-state index is 0.149. The molecule has 2 amide bonds. The summed E-state index contributed by atoms with van der Waals surface area (Å²) in [6.45, 7) is 4.33. The van der Waals surface area contributed by atoms with E-state index in [1.54, 1.807) is 34.0 Å². The fourth-order valence-corrected chi connectivity index (χ4v) is 2.65. The van der Waals surface area contributed by atoms with Crippen molar-refractivity contribution < 1.29 is 4.79 Å². The number of pyridine rings is 1. The van der Waals surface area contributed by atoms with Crippen molar-refractivity contribution in [2.45, 2.75) is 26.3 Å². The van der Waals surface area contributed by atoms with Crippen molar-refractivity contribution in [3.63, 3.8) is 0 Å². The summed E-state index contributed by atoms with van der Waals surface area (Å²) in [6, 6.07) is 3.57. The molecule has 4 aromatic heterocycles. The Kier molecular flexibility index (Phi) is 5.10. The van der Waals surface area contributed by atoms with Crippen LogP contribution in [0.2, 0.25) is 0 Å². The Labute approximate surface area is 166 Å². The average molecular weight is 392 g/mol. The normalized spacial score (nSPS) is 11.1. The minimum Gasteiger partial charge on any atom is -0.337 e. The van der Waals surface area contributed by atoms with E-state index in [4.69, 9.17) is 0 Å². The number of anilines is 1. The highest BCUT2D eigenvalue weighted by Crippen LogP contribution is 2.17. The molecule has 0 aromatic carbocycles. The molecule has 0 unspecified atom stereocenters. The molecule has 29 heavy (non-hydrogen) atoms. The van der Waals surface area contributed by atoms with Crippen molar-refractivity contribution in [3.05, 3.63) is 48.9 Å². The molecule has 0 fully saturated rings. The molecule has 11 heteroatoms. The molecular formula is C18H20N10O. The summed E-state index contributed by atoms with van der Waals surface area (Å²) in [5, 5.41) is 17.6. The van der Waals surface area contributed by atoms with E-state index in [1.807, 2.05) is 32.2 Å². The SMILES string of the molecule is CC(C)n1nnc(CCNC(=O)Nc2cn3cc(-c4cccnc4)ncc3n2)n1. The van der Waals surface area contributed by atoms with Gasteiger partial charge in [0, 0.05) is 37.1 Å². The van der Waals surface area contributed by atoms with Crippen LogP contribution in [-0.2, 0) is 6.42 Å². The van der Waals surface area contributed by atoms with E-state index >= 15 is 0 Å². The largest absolute Gasteiger partial charge is 0.337 e. The molecule has 0 bridgehead atoms. The predicted molar refractivity (Wildman–Crippen MR) is 105 cm³/mol. The van der Waals surface area contributed by atoms with E-state index in [2.05, 4.69) is 41.0 Å². The van der Waals surface area contributed by atoms with Crippen LogP contribution in [0.15, 0.2) is 43.1 Å². The van der Waals surface area contributed by atoms with Gasteiger partial charge >= 0.3 is 6.03 Å². The maximum Gasteiger partial charge on any atom is 0.320 e. The molecule has 0 atom stereocenters. The van der Waals surface area contributed by atoms with Crippen LogP contribution >= 0.6 is 0 Å². The van der Waals surface area contributed by atoms with Crippen molar-refractivity contribution in [1.29, 1.82) is 0 Å². The lowest BCUT2D eigenvalue weighted by Crippen LogP contribution is -2.30. The van der Waals surface area contributed by atoms with Gasteiger partial charge in [0.15, 0.2) is 17.3 Å². The van der Waals surface area contributed by atoms with Crippen molar-refractivity contribution in [3.8, 4) is 11.3 Å². The Balaban J connectivity index is 1.35. The number of hydrogen-bond acceptors (Lipinski definition) is 7. The molecule has 4 rings (SSSR count). The summed E-state index contributed by atoms with van der Waals surface area (Å²) in [4.78, 5) is 26.5. The lowest BCUT2D eigenvalue weighted by molar-refractivity contribution is 0.252. The van der Waals surface area contributed by atoms with E-state index in [-0.39, 0.29) is 12.1 Å². The molecule has 11 nitrogen and oxygen atoms in total. The van der Waals surface area contributed by atoms with Gasteiger partial charge in [0.05, 0.1) is 24.1 Å². The summed E-state index contributed by atoms with van der Waals surface area (Å²) < 4.78 is 1.80. The molecule has 2 N–H and O–H groups in total. The molecule has 0 radical (unpaired) electrons. The molecule has 4 aromatic rings. The van der Waals surface area contributed by atoms with Crippen LogP contribution < -0.4 is 10.6 Å². The highest BCUT2D eigenvalue weighted by atomic mass is 16.2. The number of amides is 2. The molecule has 0 aliphatic rings. The first-order valence-corrected chi connectivity index (χ1v) is 9.17. The van der Waals surface area contributed by atoms with Crippen molar-refractivity contribution in [2.24, 2.45) is 0 Å². The number of hydrogen-bond donors (Lipinski definition) is 2. The number of imidazole rings is 1. The summed E-state index contributed by atoms with van der Waals surface area (Å²) in [5.74, 6) is 1.01. The van der Waals surface area contributed by atoms with Crippen molar-refractivity contribution >= 4 is 17.5 Å². The third-order valence-corrected chi connectivity index (χ3v) is 4.11. The zero-order valence-corrected chi connectivity index (χ0v) is 16.0. The Morgan fingerprint density at radius 3 is 2.90 bits per heavy atom. The lowest BCUT2D eigenvalue weighted by atomic mass is 10.2. The monoisotopic (exact) mass is 392 g/mol. The van der Waals surface area contributed by atoms with Crippen molar-refractivity contribution in [1.82, 2.24) is 44.9 Å². The lowest BCUT2D eigenvalue weighted by Gasteiger charge is -2.03. The molecule has 0 saturated carbocycles. The van der Waals surface area contributed by atoms with Gasteiger partial charge in [0.25, 0.3) is 0 Å². The number of tetrazole rings is 1. The van der Waals surface area contributed by atoms with Gasteiger partial charge in [-0.05, 0) is 31.2 Å². The van der Waals surface area contributed by atoms with Crippen LogP contribution in [0.5, 0.6) is 0 Å². The maximum absolute atomic E-state index is 12.1. The number of aromatic nitrogens is 8. The van der Waals surface area contributed by atoms with Gasteiger partial charge in [-0.15, -0.1) is 10.2 Å². The first kappa shape index (κ1) is 18.5. The van der Waals surface area contributed by atoms with Crippen LogP contribution in [-0.4, -0.2) is 52.1 Å². The highest BCUT2D eigenvalue weighted by molar-refractivity contribution is 5.88. The predicted octanol–water partition coefficient (Wildman–Crippen LogP) is 1.72. The fraction of sp³-hybridized carbons (Fsp3) is 0.278. The van der Waals surface area contributed by atoms with E-state index in [9.17, 15) is 4.79 Å². The van der Waals surface area contributed by atoms with Gasteiger partial charge in [0.2, 0.25) is 0 Å². The van der Waals surface area contributed by atoms with Gasteiger partial charge in [-0.2, -0.15) is 4.80 Å². The number of carbonyl (C=O) groups is 1. The Morgan fingerprint density at radius 2 is 2.14 bits per heavy atom. The quantitative estimate of drug-likeness (QED) is 0.511. The van der Waals surface area contributed by atoms with Crippen molar-refractivity contribution in [2.75, 3.05) is 11.9 Å². The fourth-order valence-electron chi connectivity index (χ4n) is 2.65. The number of nitrogens with one attached hydrogen (secondary N) is 2. The molecule has 0 aliphatic carbocycles. The van der Waals surface area contributed by atoms with E-state index in [0.717, 1.165) is 11.3 Å². The number of rotatable bonds is 6. The highest BCUT2D eigenvalue weighted by Gasteiger charge is 2.09. The summed E-state index contributed by atoms with van der Waals surface area (Å²) >= 11 is 0. The van der Waals surface area contributed by atoms with Crippen LogP contribution in [0.25, 0.3) is 16.9 Å². The number of urea groups is 1. The second-order valence-electron chi connectivity index (χ2n) is 6.66. The standard InChI is InChI=1S/C18H20N10O/c1-12(2)28-25-15(24-26-28)5-7-20-18(29)23-16-11-27-10-14(21-9-17(27)22-16)13-4-3-6-19-8-13/h3-4,6,8-12H,5,7H2,1-2H3,(H2,20,23,29). The summed E-state index contributed by atoms with van der Waals surface area (Å²) in [5.41, 5.74) is 2.29. The van der Waals surface area contributed by atoms with Crippen LogP contribution in [0.4, 0.5) is 10.6 Å². The first-order valence-electron chi connectivity index (χ1n) is 9.17. The Bertz CT molecular complexity index is 1120. The third kappa shape index (κ3) is 4.34.